The Balaban J connectivity index is 0.000000122. The lowest BCUT2D eigenvalue weighted by Gasteiger charge is -2.10. The third-order valence-corrected chi connectivity index (χ3v) is 4.00. The average molecular weight is 300 g/mol. The molecule has 3 aromatic rings. The van der Waals surface area contributed by atoms with Crippen molar-refractivity contribution in [3.63, 3.8) is 0 Å². The maximum absolute atomic E-state index is 5.12. The standard InChI is InChI=1S/C13H10.C8H6O2/c1-3-7-12-10(5-1)9-11-6-2-4-8-13(11)12;1-2-4-8-7(3-1)9-5-6-10-8/h1-8H,9H2;1-6H. The minimum absolute atomic E-state index is 0.769. The molecule has 0 N–H and O–H groups in total. The van der Waals surface area contributed by atoms with E-state index in [9.17, 15) is 0 Å². The average Bonchev–Trinajstić information content (AvgIpc) is 3.01. The Hall–Kier alpha value is -3.00. The van der Waals surface area contributed by atoms with Crippen molar-refractivity contribution in [2.75, 3.05) is 0 Å². The van der Waals surface area contributed by atoms with Gasteiger partial charge in [0.25, 0.3) is 0 Å². The minimum atomic E-state index is 0.769. The molecule has 23 heavy (non-hydrogen) atoms. The number of fused-ring (bicyclic) bond motifs is 4. The summed E-state index contributed by atoms with van der Waals surface area (Å²) in [5.74, 6) is 1.54. The molecule has 1 heterocycles. The first-order valence-electron chi connectivity index (χ1n) is 7.65. The van der Waals surface area contributed by atoms with Gasteiger partial charge in [0.2, 0.25) is 0 Å². The van der Waals surface area contributed by atoms with Crippen LogP contribution in [0.2, 0.25) is 0 Å². The van der Waals surface area contributed by atoms with E-state index >= 15 is 0 Å². The maximum Gasteiger partial charge on any atom is 0.169 e. The van der Waals surface area contributed by atoms with Gasteiger partial charge < -0.3 is 9.47 Å². The maximum atomic E-state index is 5.12. The first kappa shape index (κ1) is 13.6. The van der Waals surface area contributed by atoms with Gasteiger partial charge >= 0.3 is 0 Å². The van der Waals surface area contributed by atoms with Crippen molar-refractivity contribution in [2.24, 2.45) is 0 Å². The molecule has 0 fully saturated rings. The van der Waals surface area contributed by atoms with Gasteiger partial charge in [-0.3, -0.25) is 0 Å². The van der Waals surface area contributed by atoms with Crippen molar-refractivity contribution >= 4 is 0 Å². The van der Waals surface area contributed by atoms with E-state index in [-0.39, 0.29) is 0 Å². The lowest BCUT2D eigenvalue weighted by molar-refractivity contribution is 0.362. The fourth-order valence-electron chi connectivity index (χ4n) is 2.93. The van der Waals surface area contributed by atoms with Gasteiger partial charge in [-0.05, 0) is 40.8 Å². The molecule has 0 saturated carbocycles. The number of hydrogen-bond acceptors (Lipinski definition) is 2. The first-order valence-corrected chi connectivity index (χ1v) is 7.65. The lowest BCUT2D eigenvalue weighted by Crippen LogP contribution is -1.94. The Morgan fingerprint density at radius 1 is 0.522 bits per heavy atom. The quantitative estimate of drug-likeness (QED) is 0.445. The second-order valence-electron chi connectivity index (χ2n) is 5.45. The summed E-state index contributed by atoms with van der Waals surface area (Å²) in [4.78, 5) is 0. The summed E-state index contributed by atoms with van der Waals surface area (Å²) in [5.41, 5.74) is 5.75. The van der Waals surface area contributed by atoms with E-state index in [2.05, 4.69) is 48.5 Å². The van der Waals surface area contributed by atoms with Crippen molar-refractivity contribution in [1.29, 1.82) is 0 Å². The molecule has 0 radical (unpaired) electrons. The molecule has 1 aliphatic carbocycles. The molecule has 0 amide bonds. The predicted molar refractivity (Wildman–Crippen MR) is 91.5 cm³/mol. The largest absolute Gasteiger partial charge is 0.458 e. The fourth-order valence-corrected chi connectivity index (χ4v) is 2.93. The molecule has 0 spiro atoms. The molecular weight excluding hydrogens is 284 g/mol. The zero-order valence-electron chi connectivity index (χ0n) is 12.6. The topological polar surface area (TPSA) is 18.5 Å². The van der Waals surface area contributed by atoms with Crippen molar-refractivity contribution in [1.82, 2.24) is 0 Å². The second kappa shape index (κ2) is 6.01. The molecule has 0 aromatic heterocycles. The summed E-state index contributed by atoms with van der Waals surface area (Å²) < 4.78 is 10.2. The highest BCUT2D eigenvalue weighted by Crippen LogP contribution is 2.35. The smallest absolute Gasteiger partial charge is 0.169 e. The molecule has 1 aliphatic heterocycles. The highest BCUT2D eigenvalue weighted by molar-refractivity contribution is 5.76. The van der Waals surface area contributed by atoms with Gasteiger partial charge in [0.15, 0.2) is 11.5 Å². The Morgan fingerprint density at radius 3 is 1.48 bits per heavy atom. The molecular formula is C21H16O2. The number of hydrogen-bond donors (Lipinski definition) is 0. The highest BCUT2D eigenvalue weighted by atomic mass is 16.5. The summed E-state index contributed by atoms with van der Waals surface area (Å²) in [6.45, 7) is 0. The van der Waals surface area contributed by atoms with Crippen molar-refractivity contribution in [3.8, 4) is 22.6 Å². The lowest BCUT2D eigenvalue weighted by atomic mass is 10.1. The summed E-state index contributed by atoms with van der Waals surface area (Å²) in [5, 5.41) is 0. The van der Waals surface area contributed by atoms with Crippen LogP contribution in [0, 0.1) is 0 Å². The van der Waals surface area contributed by atoms with Crippen LogP contribution in [0.1, 0.15) is 11.1 Å². The number of para-hydroxylation sites is 2. The number of benzene rings is 3. The SMILES string of the molecule is C1=COc2ccccc2O1.c1ccc2c(c1)Cc1ccccc1-2. The molecule has 3 aromatic carbocycles. The van der Waals surface area contributed by atoms with E-state index in [0.29, 0.717) is 0 Å². The molecule has 0 saturated heterocycles. The first-order chi connectivity index (χ1) is 11.4. The van der Waals surface area contributed by atoms with E-state index < -0.39 is 0 Å². The van der Waals surface area contributed by atoms with Gasteiger partial charge in [0.1, 0.15) is 12.5 Å². The van der Waals surface area contributed by atoms with Crippen LogP contribution >= 0.6 is 0 Å². The van der Waals surface area contributed by atoms with Crippen molar-refractivity contribution in [3.05, 3.63) is 96.4 Å². The summed E-state index contributed by atoms with van der Waals surface area (Å²) in [6, 6.07) is 24.8. The van der Waals surface area contributed by atoms with Crippen molar-refractivity contribution in [2.45, 2.75) is 6.42 Å². The molecule has 2 heteroatoms. The van der Waals surface area contributed by atoms with Crippen molar-refractivity contribution < 1.29 is 9.47 Å². The third kappa shape index (κ3) is 2.71. The van der Waals surface area contributed by atoms with Crippen LogP contribution in [-0.4, -0.2) is 0 Å². The number of rotatable bonds is 0. The Morgan fingerprint density at radius 2 is 0.957 bits per heavy atom. The predicted octanol–water partition coefficient (Wildman–Crippen LogP) is 5.19. The van der Waals surface area contributed by atoms with E-state index in [1.807, 2.05) is 24.3 Å². The molecule has 0 atom stereocenters. The Kier molecular flexibility index (Phi) is 3.57. The number of ether oxygens (including phenoxy) is 2. The van der Waals surface area contributed by atoms with Gasteiger partial charge in [-0.1, -0.05) is 60.7 Å². The third-order valence-electron chi connectivity index (χ3n) is 4.00. The van der Waals surface area contributed by atoms with E-state index in [1.54, 1.807) is 0 Å². The van der Waals surface area contributed by atoms with Gasteiger partial charge in [-0.15, -0.1) is 0 Å². The van der Waals surface area contributed by atoms with Crippen LogP contribution in [0.15, 0.2) is 85.3 Å². The Bertz CT molecular complexity index is 794. The fraction of sp³-hybridized carbons (Fsp3) is 0.0476. The van der Waals surface area contributed by atoms with Crippen LogP contribution in [0.25, 0.3) is 11.1 Å². The van der Waals surface area contributed by atoms with E-state index in [0.717, 1.165) is 17.9 Å². The molecule has 0 unspecified atom stereocenters. The molecule has 2 nitrogen and oxygen atoms in total. The molecule has 2 aliphatic rings. The molecule has 0 bridgehead atoms. The summed E-state index contributed by atoms with van der Waals surface area (Å²) in [7, 11) is 0. The zero-order chi connectivity index (χ0) is 15.5. The van der Waals surface area contributed by atoms with Gasteiger partial charge in [-0.25, -0.2) is 0 Å². The van der Waals surface area contributed by atoms with Gasteiger partial charge in [-0.2, -0.15) is 0 Å². The summed E-state index contributed by atoms with van der Waals surface area (Å²) >= 11 is 0. The second-order valence-corrected chi connectivity index (χ2v) is 5.45. The van der Waals surface area contributed by atoms with E-state index in [1.165, 1.54) is 34.8 Å². The molecule has 112 valence electrons. The highest BCUT2D eigenvalue weighted by Gasteiger charge is 2.15. The van der Waals surface area contributed by atoms with Crippen LogP contribution in [0.5, 0.6) is 11.5 Å². The van der Waals surface area contributed by atoms with Crippen LogP contribution in [0.4, 0.5) is 0 Å². The monoisotopic (exact) mass is 300 g/mol. The normalized spacial score (nSPS) is 12.7. The van der Waals surface area contributed by atoms with Gasteiger partial charge in [0, 0.05) is 0 Å². The zero-order valence-corrected chi connectivity index (χ0v) is 12.6. The van der Waals surface area contributed by atoms with Crippen LogP contribution in [0.3, 0.4) is 0 Å². The Labute approximate surface area is 135 Å². The van der Waals surface area contributed by atoms with Gasteiger partial charge in [0.05, 0.1) is 0 Å². The molecule has 5 rings (SSSR count). The van der Waals surface area contributed by atoms with Crippen LogP contribution in [-0.2, 0) is 6.42 Å². The van der Waals surface area contributed by atoms with Crippen LogP contribution < -0.4 is 9.47 Å². The van der Waals surface area contributed by atoms with E-state index in [4.69, 9.17) is 9.47 Å². The minimum Gasteiger partial charge on any atom is -0.458 e. The summed E-state index contributed by atoms with van der Waals surface area (Å²) in [6.07, 6.45) is 4.14.